The van der Waals surface area contributed by atoms with E-state index in [1.54, 1.807) is 0 Å². The first-order chi connectivity index (χ1) is 8.37. The lowest BCUT2D eigenvalue weighted by atomic mass is 10.5. The fourth-order valence-corrected chi connectivity index (χ4v) is 3.95. The molecule has 0 aliphatic heterocycles. The molecule has 2 N–H and O–H groups in total. The zero-order chi connectivity index (χ0) is 13.8. The average Bonchev–Trinajstić information content (AvgIpc) is 2.73. The van der Waals surface area contributed by atoms with Crippen molar-refractivity contribution in [3.05, 3.63) is 16.5 Å². The van der Waals surface area contributed by atoms with Crippen LogP contribution in [-0.2, 0) is 14.8 Å². The van der Waals surface area contributed by atoms with Gasteiger partial charge in [0.15, 0.2) is 0 Å². The summed E-state index contributed by atoms with van der Waals surface area (Å²) in [6, 6.07) is 2.88. The Balaban J connectivity index is 2.71. The second kappa shape index (κ2) is 6.48. The Hall–Kier alpha value is -0.670. The second-order valence-corrected chi connectivity index (χ2v) is 7.38. The summed E-state index contributed by atoms with van der Waals surface area (Å²) in [5.41, 5.74) is 0. The van der Waals surface area contributed by atoms with Crippen molar-refractivity contribution in [2.45, 2.75) is 4.21 Å². The number of halogens is 1. The van der Waals surface area contributed by atoms with Crippen molar-refractivity contribution in [1.82, 2.24) is 9.62 Å². The van der Waals surface area contributed by atoms with E-state index in [0.29, 0.717) is 4.34 Å². The lowest BCUT2D eigenvalue weighted by molar-refractivity contribution is -0.121. The Morgan fingerprint density at radius 1 is 1.56 bits per heavy atom. The number of nitrogens with one attached hydrogen (secondary N) is 1. The number of amides is 1. The summed E-state index contributed by atoms with van der Waals surface area (Å²) < 4.78 is 25.4. The summed E-state index contributed by atoms with van der Waals surface area (Å²) in [6.45, 7) is -0.405. The summed E-state index contributed by atoms with van der Waals surface area (Å²) in [5.74, 6) is -0.474. The molecule has 0 radical (unpaired) electrons. The molecule has 1 aromatic rings. The second-order valence-electron chi connectivity index (χ2n) is 3.39. The molecule has 0 fully saturated rings. The van der Waals surface area contributed by atoms with Gasteiger partial charge in [-0.2, -0.15) is 4.31 Å². The summed E-state index contributed by atoms with van der Waals surface area (Å²) in [6.07, 6.45) is 0. The fraction of sp³-hybridized carbons (Fsp3) is 0.444. The van der Waals surface area contributed by atoms with Crippen LogP contribution in [0.5, 0.6) is 0 Å². The van der Waals surface area contributed by atoms with E-state index >= 15 is 0 Å². The zero-order valence-electron chi connectivity index (χ0n) is 9.59. The lowest BCUT2D eigenvalue weighted by Gasteiger charge is -2.15. The molecule has 1 rings (SSSR count). The van der Waals surface area contributed by atoms with Gasteiger partial charge in [-0.15, -0.1) is 11.3 Å². The van der Waals surface area contributed by atoms with Gasteiger partial charge < -0.3 is 10.4 Å². The largest absolute Gasteiger partial charge is 0.395 e. The molecule has 0 aliphatic rings. The van der Waals surface area contributed by atoms with Crippen molar-refractivity contribution in [3.8, 4) is 0 Å². The van der Waals surface area contributed by atoms with Gasteiger partial charge in [-0.05, 0) is 12.1 Å². The first-order valence-electron chi connectivity index (χ1n) is 4.97. The Morgan fingerprint density at radius 3 is 2.72 bits per heavy atom. The minimum Gasteiger partial charge on any atom is -0.395 e. The van der Waals surface area contributed by atoms with E-state index in [1.807, 2.05) is 0 Å². The molecular formula is C9H13ClN2O4S2. The van der Waals surface area contributed by atoms with Crippen molar-refractivity contribution < 1.29 is 18.3 Å². The summed E-state index contributed by atoms with van der Waals surface area (Å²) in [5, 5.41) is 10.9. The van der Waals surface area contributed by atoms with Gasteiger partial charge in [0.25, 0.3) is 10.0 Å². The molecule has 0 unspecified atom stereocenters. The predicted molar refractivity (Wildman–Crippen MR) is 69.2 cm³/mol. The van der Waals surface area contributed by atoms with Crippen LogP contribution in [0.4, 0.5) is 0 Å². The topological polar surface area (TPSA) is 86.7 Å². The van der Waals surface area contributed by atoms with E-state index in [4.69, 9.17) is 16.7 Å². The molecule has 0 bridgehead atoms. The number of sulfonamides is 1. The van der Waals surface area contributed by atoms with Gasteiger partial charge in [-0.3, -0.25) is 4.79 Å². The van der Waals surface area contributed by atoms with Gasteiger partial charge >= 0.3 is 0 Å². The van der Waals surface area contributed by atoms with Crippen molar-refractivity contribution >= 4 is 38.9 Å². The number of aliphatic hydroxyl groups excluding tert-OH is 1. The summed E-state index contributed by atoms with van der Waals surface area (Å²) in [7, 11) is -2.39. The zero-order valence-corrected chi connectivity index (χ0v) is 12.0. The standard InChI is InChI=1S/C9H13ClN2O4S2/c1-12(6-8(14)11-4-5-13)18(15,16)9-3-2-7(10)17-9/h2-3,13H,4-6H2,1H3,(H,11,14). The molecule has 0 spiro atoms. The van der Waals surface area contributed by atoms with E-state index in [0.717, 1.165) is 15.6 Å². The Kier molecular flexibility index (Phi) is 5.54. The monoisotopic (exact) mass is 312 g/mol. The third-order valence-electron chi connectivity index (χ3n) is 2.01. The molecule has 6 nitrogen and oxygen atoms in total. The Labute approximate surface area is 114 Å². The van der Waals surface area contributed by atoms with Crippen LogP contribution >= 0.6 is 22.9 Å². The number of hydrogen-bond acceptors (Lipinski definition) is 5. The highest BCUT2D eigenvalue weighted by Crippen LogP contribution is 2.27. The van der Waals surface area contributed by atoms with Gasteiger partial charge in [0, 0.05) is 13.6 Å². The molecule has 0 saturated heterocycles. The van der Waals surface area contributed by atoms with Crippen molar-refractivity contribution in [2.24, 2.45) is 0 Å². The van der Waals surface area contributed by atoms with Crippen molar-refractivity contribution in [1.29, 1.82) is 0 Å². The third kappa shape index (κ3) is 3.92. The molecule has 102 valence electrons. The number of rotatable bonds is 6. The first kappa shape index (κ1) is 15.4. The number of hydrogen-bond donors (Lipinski definition) is 2. The number of nitrogens with zero attached hydrogens (tertiary/aromatic N) is 1. The highest BCUT2D eigenvalue weighted by atomic mass is 35.5. The lowest BCUT2D eigenvalue weighted by Crippen LogP contribution is -2.39. The van der Waals surface area contributed by atoms with Crippen LogP contribution in [0.2, 0.25) is 4.34 Å². The normalized spacial score (nSPS) is 11.8. The summed E-state index contributed by atoms with van der Waals surface area (Å²) in [4.78, 5) is 11.3. The Bertz CT molecular complexity index is 514. The van der Waals surface area contributed by atoms with E-state index in [-0.39, 0.29) is 23.9 Å². The van der Waals surface area contributed by atoms with E-state index in [2.05, 4.69) is 5.32 Å². The first-order valence-corrected chi connectivity index (χ1v) is 7.60. The maximum atomic E-state index is 12.0. The maximum absolute atomic E-state index is 12.0. The predicted octanol–water partition coefficient (Wildman–Crippen LogP) is 0.131. The maximum Gasteiger partial charge on any atom is 0.252 e. The van der Waals surface area contributed by atoms with Gasteiger partial charge in [0.1, 0.15) is 4.21 Å². The van der Waals surface area contributed by atoms with Crippen molar-refractivity contribution in [2.75, 3.05) is 26.7 Å². The molecule has 9 heteroatoms. The molecular weight excluding hydrogens is 300 g/mol. The molecule has 1 heterocycles. The number of likely N-dealkylation sites (N-methyl/N-ethyl adjacent to an activating group) is 1. The van der Waals surface area contributed by atoms with Crippen LogP contribution in [-0.4, -0.2) is 50.5 Å². The van der Waals surface area contributed by atoms with Crippen LogP contribution < -0.4 is 5.32 Å². The molecule has 0 aromatic carbocycles. The summed E-state index contributed by atoms with van der Waals surface area (Å²) >= 11 is 6.61. The molecule has 0 aliphatic carbocycles. The smallest absolute Gasteiger partial charge is 0.252 e. The van der Waals surface area contributed by atoms with Gasteiger partial charge in [-0.25, -0.2) is 8.42 Å². The highest BCUT2D eigenvalue weighted by Gasteiger charge is 2.24. The molecule has 0 saturated carbocycles. The molecule has 1 aromatic heterocycles. The quantitative estimate of drug-likeness (QED) is 0.782. The van der Waals surface area contributed by atoms with Crippen LogP contribution in [0.25, 0.3) is 0 Å². The van der Waals surface area contributed by atoms with E-state index in [1.165, 1.54) is 19.2 Å². The van der Waals surface area contributed by atoms with E-state index < -0.39 is 15.9 Å². The highest BCUT2D eigenvalue weighted by molar-refractivity contribution is 7.91. The minimum absolute atomic E-state index is 0.0879. The van der Waals surface area contributed by atoms with Gasteiger partial charge in [0.05, 0.1) is 17.5 Å². The van der Waals surface area contributed by atoms with Crippen LogP contribution in [0.1, 0.15) is 0 Å². The van der Waals surface area contributed by atoms with Crippen LogP contribution in [0.3, 0.4) is 0 Å². The molecule has 0 atom stereocenters. The number of thiophene rings is 1. The Morgan fingerprint density at radius 2 is 2.22 bits per heavy atom. The number of aliphatic hydroxyl groups is 1. The van der Waals surface area contributed by atoms with Crippen LogP contribution in [0, 0.1) is 0 Å². The minimum atomic E-state index is -3.69. The van der Waals surface area contributed by atoms with Crippen LogP contribution in [0.15, 0.2) is 16.3 Å². The number of carbonyl (C=O) groups excluding carboxylic acids is 1. The molecule has 1 amide bonds. The van der Waals surface area contributed by atoms with E-state index in [9.17, 15) is 13.2 Å². The average molecular weight is 313 g/mol. The van der Waals surface area contributed by atoms with Gasteiger partial charge in [-0.1, -0.05) is 11.6 Å². The fourth-order valence-electron chi connectivity index (χ4n) is 1.13. The molecule has 18 heavy (non-hydrogen) atoms. The third-order valence-corrected chi connectivity index (χ3v) is 5.52. The number of carbonyl (C=O) groups is 1. The van der Waals surface area contributed by atoms with Gasteiger partial charge in [0.2, 0.25) is 5.91 Å². The SMILES string of the molecule is CN(CC(=O)NCCO)S(=O)(=O)c1ccc(Cl)s1. The van der Waals surface area contributed by atoms with Crippen molar-refractivity contribution in [3.63, 3.8) is 0 Å².